The van der Waals surface area contributed by atoms with Gasteiger partial charge in [0.2, 0.25) is 0 Å². The fourth-order valence-electron chi connectivity index (χ4n) is 2.03. The zero-order valence-electron chi connectivity index (χ0n) is 10.8. The molecule has 20 heavy (non-hydrogen) atoms. The molecule has 0 fully saturated rings. The van der Waals surface area contributed by atoms with Crippen LogP contribution in [0.25, 0.3) is 22.5 Å². The molecule has 0 amide bonds. The van der Waals surface area contributed by atoms with Crippen molar-refractivity contribution >= 4 is 5.82 Å². The lowest BCUT2D eigenvalue weighted by Crippen LogP contribution is -2.05. The molecule has 0 spiro atoms. The summed E-state index contributed by atoms with van der Waals surface area (Å²) in [5.41, 5.74) is 8.28. The van der Waals surface area contributed by atoms with E-state index in [0.717, 1.165) is 11.3 Å². The molecule has 0 bridgehead atoms. The summed E-state index contributed by atoms with van der Waals surface area (Å²) < 4.78 is 5.24. The van der Waals surface area contributed by atoms with Gasteiger partial charge in [-0.3, -0.25) is 9.78 Å². The Morgan fingerprint density at radius 3 is 2.75 bits per heavy atom. The first kappa shape index (κ1) is 12.2. The molecule has 0 saturated heterocycles. The van der Waals surface area contributed by atoms with E-state index in [1.807, 2.05) is 6.92 Å². The van der Waals surface area contributed by atoms with Crippen molar-refractivity contribution in [1.82, 2.24) is 15.1 Å². The van der Waals surface area contributed by atoms with Gasteiger partial charge in [0.25, 0.3) is 0 Å². The van der Waals surface area contributed by atoms with Crippen molar-refractivity contribution in [2.75, 3.05) is 5.73 Å². The third kappa shape index (κ3) is 1.97. The summed E-state index contributed by atoms with van der Waals surface area (Å²) in [6, 6.07) is 5.08. The first-order valence-corrected chi connectivity index (χ1v) is 6.02. The zero-order valence-corrected chi connectivity index (χ0v) is 10.8. The molecule has 3 rings (SSSR count). The molecule has 0 unspecified atom stereocenters. The van der Waals surface area contributed by atoms with Gasteiger partial charge in [0.15, 0.2) is 17.0 Å². The third-order valence-corrected chi connectivity index (χ3v) is 2.99. The topological polar surface area (TPSA) is 97.8 Å². The molecule has 3 heterocycles. The number of rotatable bonds is 2. The maximum absolute atomic E-state index is 12.1. The van der Waals surface area contributed by atoms with Crippen LogP contribution in [0.2, 0.25) is 0 Å². The number of nitrogens with zero attached hydrogens (tertiary/aromatic N) is 2. The molecule has 0 radical (unpaired) electrons. The minimum Gasteiger partial charge on any atom is -0.380 e. The number of H-pyrrole nitrogens is 1. The summed E-state index contributed by atoms with van der Waals surface area (Å²) in [6.45, 7) is 1.81. The normalized spacial score (nSPS) is 10.7. The second kappa shape index (κ2) is 4.65. The van der Waals surface area contributed by atoms with Crippen LogP contribution < -0.4 is 11.2 Å². The summed E-state index contributed by atoms with van der Waals surface area (Å²) in [6.07, 6.45) is 4.89. The first-order valence-electron chi connectivity index (χ1n) is 6.02. The Morgan fingerprint density at radius 2 is 2.05 bits per heavy atom. The molecule has 3 N–H and O–H groups in total. The van der Waals surface area contributed by atoms with Crippen LogP contribution in [0.3, 0.4) is 0 Å². The number of aromatic amines is 1. The number of nitrogen functional groups attached to an aromatic ring is 1. The monoisotopic (exact) mass is 268 g/mol. The van der Waals surface area contributed by atoms with Gasteiger partial charge in [-0.05, 0) is 24.6 Å². The molecule has 6 nitrogen and oxygen atoms in total. The van der Waals surface area contributed by atoms with Gasteiger partial charge in [-0.2, -0.15) is 0 Å². The summed E-state index contributed by atoms with van der Waals surface area (Å²) in [5.74, 6) is 0.598. The van der Waals surface area contributed by atoms with E-state index in [1.54, 1.807) is 30.7 Å². The smallest absolute Gasteiger partial charge is 0.192 e. The van der Waals surface area contributed by atoms with E-state index in [9.17, 15) is 4.79 Å². The van der Waals surface area contributed by atoms with E-state index in [2.05, 4.69) is 15.1 Å². The van der Waals surface area contributed by atoms with Crippen LogP contribution in [-0.4, -0.2) is 15.1 Å². The van der Waals surface area contributed by atoms with Gasteiger partial charge in [-0.1, -0.05) is 5.16 Å². The van der Waals surface area contributed by atoms with Gasteiger partial charge in [0.1, 0.15) is 0 Å². The number of anilines is 1. The number of pyridine rings is 2. The van der Waals surface area contributed by atoms with Crippen molar-refractivity contribution in [2.24, 2.45) is 0 Å². The Kier molecular flexibility index (Phi) is 2.83. The second-order valence-electron chi connectivity index (χ2n) is 4.40. The zero-order chi connectivity index (χ0) is 14.1. The number of hydrogen-bond donors (Lipinski definition) is 2. The Labute approximate surface area is 114 Å². The highest BCUT2D eigenvalue weighted by Crippen LogP contribution is 2.34. The van der Waals surface area contributed by atoms with Crippen molar-refractivity contribution in [3.05, 3.63) is 52.7 Å². The van der Waals surface area contributed by atoms with Crippen LogP contribution in [0, 0.1) is 6.92 Å². The summed E-state index contributed by atoms with van der Waals surface area (Å²) in [4.78, 5) is 19.0. The Bertz CT molecular complexity index is 806. The van der Waals surface area contributed by atoms with Gasteiger partial charge >= 0.3 is 0 Å². The Morgan fingerprint density at radius 1 is 1.30 bits per heavy atom. The predicted octanol–water partition coefficient (Wildman–Crippen LogP) is 1.98. The Balaban J connectivity index is 2.24. The van der Waals surface area contributed by atoms with Crippen molar-refractivity contribution in [1.29, 1.82) is 0 Å². The van der Waals surface area contributed by atoms with Gasteiger partial charge in [0, 0.05) is 30.4 Å². The van der Waals surface area contributed by atoms with E-state index in [0.29, 0.717) is 16.9 Å². The van der Waals surface area contributed by atoms with Crippen LogP contribution in [0.5, 0.6) is 0 Å². The predicted molar refractivity (Wildman–Crippen MR) is 74.9 cm³/mol. The van der Waals surface area contributed by atoms with Crippen LogP contribution in [0.4, 0.5) is 5.82 Å². The average molecular weight is 268 g/mol. The molecule has 3 aromatic rings. The Hall–Kier alpha value is -2.89. The standard InChI is InChI=1S/C14H12N4O2/c1-8-6-11(19)10(7-17-8)13-12(14(15)18-20-13)9-2-4-16-5-3-9/h2-7H,1H3,(H2,15,18)(H,17,19). The molecule has 0 aliphatic rings. The number of hydrogen-bond acceptors (Lipinski definition) is 5. The minimum atomic E-state index is -0.146. The van der Waals surface area contributed by atoms with Gasteiger partial charge in [-0.15, -0.1) is 0 Å². The minimum absolute atomic E-state index is 0.146. The average Bonchev–Trinajstić information content (AvgIpc) is 2.81. The van der Waals surface area contributed by atoms with Gasteiger partial charge in [0.05, 0.1) is 11.1 Å². The van der Waals surface area contributed by atoms with Crippen molar-refractivity contribution in [2.45, 2.75) is 6.92 Å². The van der Waals surface area contributed by atoms with Crippen molar-refractivity contribution < 1.29 is 4.52 Å². The van der Waals surface area contributed by atoms with E-state index in [-0.39, 0.29) is 11.2 Å². The molecule has 0 aliphatic heterocycles. The molecule has 0 saturated carbocycles. The highest BCUT2D eigenvalue weighted by Gasteiger charge is 2.19. The number of aromatic nitrogens is 3. The van der Waals surface area contributed by atoms with Crippen molar-refractivity contribution in [3.8, 4) is 22.5 Å². The number of nitrogens with two attached hydrogens (primary N) is 1. The van der Waals surface area contributed by atoms with E-state index >= 15 is 0 Å². The molecule has 0 atom stereocenters. The van der Waals surface area contributed by atoms with Crippen LogP contribution in [-0.2, 0) is 0 Å². The second-order valence-corrected chi connectivity index (χ2v) is 4.40. The van der Waals surface area contributed by atoms with E-state index < -0.39 is 0 Å². The highest BCUT2D eigenvalue weighted by atomic mass is 16.5. The first-order chi connectivity index (χ1) is 9.66. The number of nitrogens with one attached hydrogen (secondary N) is 1. The lowest BCUT2D eigenvalue weighted by molar-refractivity contribution is 0.435. The molecule has 3 aromatic heterocycles. The van der Waals surface area contributed by atoms with Crippen molar-refractivity contribution in [3.63, 3.8) is 0 Å². The lowest BCUT2D eigenvalue weighted by Gasteiger charge is -2.02. The van der Waals surface area contributed by atoms with Crippen LogP contribution >= 0.6 is 0 Å². The molecular weight excluding hydrogens is 256 g/mol. The lowest BCUT2D eigenvalue weighted by atomic mass is 10.0. The summed E-state index contributed by atoms with van der Waals surface area (Å²) >= 11 is 0. The molecule has 6 heteroatoms. The molecule has 100 valence electrons. The van der Waals surface area contributed by atoms with E-state index in [4.69, 9.17) is 10.3 Å². The summed E-state index contributed by atoms with van der Waals surface area (Å²) in [5, 5.41) is 3.76. The fraction of sp³-hybridized carbons (Fsp3) is 0.0714. The molecule has 0 aliphatic carbocycles. The third-order valence-electron chi connectivity index (χ3n) is 2.99. The molecule has 0 aromatic carbocycles. The van der Waals surface area contributed by atoms with Crippen LogP contribution in [0.15, 0.2) is 46.1 Å². The fourth-order valence-corrected chi connectivity index (χ4v) is 2.03. The maximum atomic E-state index is 12.1. The van der Waals surface area contributed by atoms with Gasteiger partial charge < -0.3 is 15.2 Å². The number of aryl methyl sites for hydroxylation is 1. The quantitative estimate of drug-likeness (QED) is 0.740. The highest BCUT2D eigenvalue weighted by molar-refractivity contribution is 5.86. The van der Waals surface area contributed by atoms with Crippen LogP contribution in [0.1, 0.15) is 5.69 Å². The largest absolute Gasteiger partial charge is 0.380 e. The maximum Gasteiger partial charge on any atom is 0.192 e. The van der Waals surface area contributed by atoms with E-state index in [1.165, 1.54) is 6.07 Å². The summed E-state index contributed by atoms with van der Waals surface area (Å²) in [7, 11) is 0. The van der Waals surface area contributed by atoms with Gasteiger partial charge in [-0.25, -0.2) is 0 Å². The SMILES string of the molecule is Cc1cc(=O)c(-c2onc(N)c2-c2ccncc2)c[nH]1. The molecular formula is C14H12N4O2.